The summed E-state index contributed by atoms with van der Waals surface area (Å²) in [7, 11) is 0. The third kappa shape index (κ3) is 1.53. The molecule has 0 saturated heterocycles. The van der Waals surface area contributed by atoms with E-state index in [2.05, 4.69) is 15.9 Å². The lowest BCUT2D eigenvalue weighted by Gasteiger charge is -2.03. The van der Waals surface area contributed by atoms with Gasteiger partial charge < -0.3 is 5.11 Å². The van der Waals surface area contributed by atoms with Crippen molar-refractivity contribution in [3.63, 3.8) is 0 Å². The Kier molecular flexibility index (Phi) is 2.49. The van der Waals surface area contributed by atoms with Gasteiger partial charge in [0.15, 0.2) is 0 Å². The predicted octanol–water partition coefficient (Wildman–Crippen LogP) is 2.86. The fraction of sp³-hybridized carbons (Fsp3) is 0.250. The average Bonchev–Trinajstić information content (AvgIpc) is 1.99. The minimum absolute atomic E-state index is 0.0215. The second-order valence-corrected chi connectivity index (χ2v) is 3.07. The molecule has 60 valence electrons. The van der Waals surface area contributed by atoms with Crippen molar-refractivity contribution in [1.29, 1.82) is 0 Å². The van der Waals surface area contributed by atoms with Gasteiger partial charge in [0.25, 0.3) is 0 Å². The molecule has 0 aliphatic rings. The van der Waals surface area contributed by atoms with E-state index in [4.69, 9.17) is 5.11 Å². The zero-order valence-electron chi connectivity index (χ0n) is 6.06. The topological polar surface area (TPSA) is 20.2 Å². The molecule has 1 N–H and O–H groups in total. The summed E-state index contributed by atoms with van der Waals surface area (Å²) in [6.45, 7) is 1.80. The first kappa shape index (κ1) is 8.53. The van der Waals surface area contributed by atoms with Crippen molar-refractivity contribution in [2.45, 2.75) is 13.3 Å². The van der Waals surface area contributed by atoms with Gasteiger partial charge in [0, 0.05) is 5.56 Å². The molecule has 0 heterocycles. The van der Waals surface area contributed by atoms with Crippen LogP contribution in [0, 0.1) is 5.82 Å². The molecule has 3 heteroatoms. The number of phenolic OH excluding ortho intramolecular Hbond substituents is 1. The maximum absolute atomic E-state index is 13.1. The molecule has 0 radical (unpaired) electrons. The zero-order chi connectivity index (χ0) is 8.43. The van der Waals surface area contributed by atoms with Crippen molar-refractivity contribution in [3.8, 4) is 5.75 Å². The molecule has 0 amide bonds. The maximum Gasteiger partial charge on any atom is 0.144 e. The van der Waals surface area contributed by atoms with Crippen molar-refractivity contribution in [1.82, 2.24) is 0 Å². The van der Waals surface area contributed by atoms with E-state index < -0.39 is 0 Å². The second-order valence-electron chi connectivity index (χ2n) is 2.21. The highest BCUT2D eigenvalue weighted by atomic mass is 79.9. The van der Waals surface area contributed by atoms with E-state index in [9.17, 15) is 4.39 Å². The Morgan fingerprint density at radius 3 is 2.64 bits per heavy atom. The average molecular weight is 219 g/mol. The summed E-state index contributed by atoms with van der Waals surface area (Å²) in [5, 5.41) is 9.15. The number of phenols is 1. The van der Waals surface area contributed by atoms with Crippen LogP contribution in [0.5, 0.6) is 5.75 Å². The van der Waals surface area contributed by atoms with Gasteiger partial charge >= 0.3 is 0 Å². The molecule has 1 aromatic rings. The molecule has 0 aromatic heterocycles. The van der Waals surface area contributed by atoms with Gasteiger partial charge in [-0.2, -0.15) is 0 Å². The van der Waals surface area contributed by atoms with E-state index in [0.29, 0.717) is 16.5 Å². The Hall–Kier alpha value is -0.570. The van der Waals surface area contributed by atoms with Crippen molar-refractivity contribution < 1.29 is 9.50 Å². The van der Waals surface area contributed by atoms with Crippen LogP contribution in [-0.2, 0) is 6.42 Å². The van der Waals surface area contributed by atoms with E-state index in [1.165, 1.54) is 12.1 Å². The van der Waals surface area contributed by atoms with Crippen LogP contribution >= 0.6 is 15.9 Å². The molecule has 1 nitrogen and oxygen atoms in total. The summed E-state index contributed by atoms with van der Waals surface area (Å²) >= 11 is 3.03. The first-order chi connectivity index (χ1) is 5.16. The molecule has 0 fully saturated rings. The lowest BCUT2D eigenvalue weighted by atomic mass is 10.1. The predicted molar refractivity (Wildman–Crippen MR) is 45.1 cm³/mol. The van der Waals surface area contributed by atoms with Crippen LogP contribution in [0.4, 0.5) is 4.39 Å². The van der Waals surface area contributed by atoms with E-state index in [1.807, 2.05) is 0 Å². The summed E-state index contributed by atoms with van der Waals surface area (Å²) in [6.07, 6.45) is 0.497. The summed E-state index contributed by atoms with van der Waals surface area (Å²) in [5.74, 6) is -0.347. The van der Waals surface area contributed by atoms with Gasteiger partial charge in [-0.05, 0) is 34.5 Å². The molecular weight excluding hydrogens is 211 g/mol. The van der Waals surface area contributed by atoms with Gasteiger partial charge in [0.05, 0.1) is 4.47 Å². The Labute approximate surface area is 73.0 Å². The summed E-state index contributed by atoms with van der Waals surface area (Å²) in [4.78, 5) is 0. The van der Waals surface area contributed by atoms with E-state index in [1.54, 1.807) is 6.92 Å². The Balaban J connectivity index is 3.29. The van der Waals surface area contributed by atoms with E-state index in [-0.39, 0.29) is 11.6 Å². The van der Waals surface area contributed by atoms with Gasteiger partial charge in [-0.3, -0.25) is 0 Å². The maximum atomic E-state index is 13.1. The lowest BCUT2D eigenvalue weighted by molar-refractivity contribution is 0.459. The first-order valence-corrected chi connectivity index (χ1v) is 4.12. The highest BCUT2D eigenvalue weighted by Gasteiger charge is 2.08. The molecule has 0 spiro atoms. The molecule has 11 heavy (non-hydrogen) atoms. The third-order valence-corrected chi connectivity index (χ3v) is 2.14. The number of aromatic hydroxyl groups is 1. The Morgan fingerprint density at radius 2 is 2.18 bits per heavy atom. The van der Waals surface area contributed by atoms with Crippen LogP contribution in [0.3, 0.4) is 0 Å². The fourth-order valence-corrected chi connectivity index (χ4v) is 1.29. The molecule has 1 aromatic carbocycles. The van der Waals surface area contributed by atoms with Gasteiger partial charge in [-0.1, -0.05) is 6.92 Å². The van der Waals surface area contributed by atoms with Crippen molar-refractivity contribution in [2.24, 2.45) is 0 Å². The molecule has 0 unspecified atom stereocenters. The number of benzene rings is 1. The number of halogens is 2. The van der Waals surface area contributed by atoms with Gasteiger partial charge in [-0.25, -0.2) is 4.39 Å². The molecule has 1 rings (SSSR count). The molecule has 0 bridgehead atoms. The quantitative estimate of drug-likeness (QED) is 0.769. The summed E-state index contributed by atoms with van der Waals surface area (Å²) in [5.41, 5.74) is 0.361. The van der Waals surface area contributed by atoms with Crippen molar-refractivity contribution >= 4 is 15.9 Å². The monoisotopic (exact) mass is 218 g/mol. The van der Waals surface area contributed by atoms with Crippen LogP contribution in [-0.4, -0.2) is 5.11 Å². The van der Waals surface area contributed by atoms with Crippen LogP contribution < -0.4 is 0 Å². The third-order valence-electron chi connectivity index (χ3n) is 1.52. The highest BCUT2D eigenvalue weighted by Crippen LogP contribution is 2.26. The lowest BCUT2D eigenvalue weighted by Crippen LogP contribution is -1.89. The molecule has 0 aliphatic heterocycles. The SMILES string of the molecule is CCc1c(O)ccc(Br)c1F. The molecular formula is C8H8BrFO. The number of hydrogen-bond donors (Lipinski definition) is 1. The second kappa shape index (κ2) is 3.22. The van der Waals surface area contributed by atoms with Gasteiger partial charge in [0.1, 0.15) is 11.6 Å². The zero-order valence-corrected chi connectivity index (χ0v) is 7.65. The van der Waals surface area contributed by atoms with Crippen LogP contribution in [0.2, 0.25) is 0 Å². The minimum atomic E-state index is -0.368. The van der Waals surface area contributed by atoms with Gasteiger partial charge in [-0.15, -0.1) is 0 Å². The molecule has 0 aliphatic carbocycles. The number of hydrogen-bond acceptors (Lipinski definition) is 1. The largest absolute Gasteiger partial charge is 0.508 e. The van der Waals surface area contributed by atoms with E-state index in [0.717, 1.165) is 0 Å². The Morgan fingerprint density at radius 1 is 1.55 bits per heavy atom. The smallest absolute Gasteiger partial charge is 0.144 e. The highest BCUT2D eigenvalue weighted by molar-refractivity contribution is 9.10. The number of rotatable bonds is 1. The first-order valence-electron chi connectivity index (χ1n) is 3.32. The normalized spacial score (nSPS) is 10.1. The van der Waals surface area contributed by atoms with Crippen LogP contribution in [0.15, 0.2) is 16.6 Å². The van der Waals surface area contributed by atoms with Crippen LogP contribution in [0.25, 0.3) is 0 Å². The summed E-state index contributed by atoms with van der Waals surface area (Å²) < 4.78 is 13.5. The van der Waals surface area contributed by atoms with Crippen molar-refractivity contribution in [3.05, 3.63) is 28.0 Å². The van der Waals surface area contributed by atoms with Crippen LogP contribution in [0.1, 0.15) is 12.5 Å². The van der Waals surface area contributed by atoms with Crippen molar-refractivity contribution in [2.75, 3.05) is 0 Å². The van der Waals surface area contributed by atoms with Gasteiger partial charge in [0.2, 0.25) is 0 Å². The van der Waals surface area contributed by atoms with E-state index >= 15 is 0 Å². The molecule has 0 atom stereocenters. The molecule has 0 saturated carbocycles. The minimum Gasteiger partial charge on any atom is -0.508 e. The standard InChI is InChI=1S/C8H8BrFO/c1-2-5-7(11)4-3-6(9)8(5)10/h3-4,11H,2H2,1H3. The summed E-state index contributed by atoms with van der Waals surface area (Å²) in [6, 6.07) is 2.97. The fourth-order valence-electron chi connectivity index (χ4n) is 0.919. The Bertz CT molecular complexity index is 273.